The topological polar surface area (TPSA) is 59.1 Å². The van der Waals surface area contributed by atoms with Crippen LogP contribution in [0.1, 0.15) is 11.4 Å². The number of hydrogen-bond donors (Lipinski definition) is 2. The van der Waals surface area contributed by atoms with Crippen molar-refractivity contribution < 1.29 is 31.4 Å². The van der Waals surface area contributed by atoms with Crippen molar-refractivity contribution in [3.05, 3.63) is 17.5 Å². The maximum Gasteiger partial charge on any atom is 0.437 e. The molecule has 1 aromatic heterocycles. The Balaban J connectivity index is 3.46. The summed E-state index contributed by atoms with van der Waals surface area (Å²) in [6.07, 6.45) is -10.3. The maximum absolute atomic E-state index is 12.2. The molecule has 0 fully saturated rings. The molecule has 0 saturated carbocycles. The molecule has 0 aliphatic rings. The van der Waals surface area contributed by atoms with Gasteiger partial charge in [0.25, 0.3) is 0 Å². The van der Waals surface area contributed by atoms with Crippen LogP contribution >= 0.6 is 0 Å². The van der Waals surface area contributed by atoms with Gasteiger partial charge >= 0.3 is 12.4 Å². The van der Waals surface area contributed by atoms with Crippen LogP contribution in [0.2, 0.25) is 0 Å². The third kappa shape index (κ3) is 2.28. The molecule has 0 spiro atoms. The third-order valence-electron chi connectivity index (χ3n) is 1.58. The van der Waals surface area contributed by atoms with E-state index < -0.39 is 35.2 Å². The smallest absolute Gasteiger partial charge is 0.437 e. The van der Waals surface area contributed by atoms with E-state index in [-0.39, 0.29) is 6.07 Å². The van der Waals surface area contributed by atoms with Crippen molar-refractivity contribution in [1.29, 1.82) is 0 Å². The number of halogens is 6. The molecular weight excluding hydrogens is 242 g/mol. The van der Waals surface area contributed by atoms with E-state index in [0.29, 0.717) is 0 Å². The Labute approximate surface area is 84.5 Å². The maximum atomic E-state index is 12.2. The first-order chi connectivity index (χ1) is 7.03. The molecule has 9 heteroatoms. The van der Waals surface area contributed by atoms with Crippen LogP contribution in [0.4, 0.5) is 32.0 Å². The summed E-state index contributed by atoms with van der Waals surface area (Å²) in [6, 6.07) is 0.130. The zero-order chi connectivity index (χ0) is 12.7. The minimum atomic E-state index is -5.21. The molecule has 1 rings (SSSR count). The molecule has 0 aromatic carbocycles. The molecule has 0 aliphatic heterocycles. The molecule has 1 heterocycles. The van der Waals surface area contributed by atoms with E-state index in [2.05, 4.69) is 4.98 Å². The summed E-state index contributed by atoms with van der Waals surface area (Å²) < 4.78 is 72.8. The van der Waals surface area contributed by atoms with Crippen LogP contribution in [0.15, 0.2) is 6.07 Å². The number of nitrogens with zero attached hydrogens (tertiary/aromatic N) is 1. The molecule has 3 nitrogen and oxygen atoms in total. The molecular formula is C7H4F6N2O. The first-order valence-electron chi connectivity index (χ1n) is 3.67. The number of anilines is 1. The van der Waals surface area contributed by atoms with Gasteiger partial charge in [-0.15, -0.1) is 0 Å². The number of nitrogens with two attached hydrogens (primary N) is 1. The van der Waals surface area contributed by atoms with E-state index in [0.717, 1.165) is 0 Å². The molecule has 1 aromatic rings. The molecule has 90 valence electrons. The summed E-state index contributed by atoms with van der Waals surface area (Å²) in [5.41, 5.74) is -0.0737. The molecule has 3 N–H and O–H groups in total. The monoisotopic (exact) mass is 246 g/mol. The average Bonchev–Trinajstić information content (AvgIpc) is 2.05. The van der Waals surface area contributed by atoms with E-state index in [1.807, 2.05) is 0 Å². The molecule has 0 saturated heterocycles. The van der Waals surface area contributed by atoms with Crippen molar-refractivity contribution in [2.45, 2.75) is 12.4 Å². The van der Waals surface area contributed by atoms with Crippen LogP contribution < -0.4 is 5.73 Å². The first-order valence-corrected chi connectivity index (χ1v) is 3.67. The number of hydrogen-bond acceptors (Lipinski definition) is 3. The van der Waals surface area contributed by atoms with Crippen LogP contribution in [-0.2, 0) is 12.4 Å². The lowest BCUT2D eigenvalue weighted by Crippen LogP contribution is -2.16. The van der Waals surface area contributed by atoms with Crippen molar-refractivity contribution in [1.82, 2.24) is 4.98 Å². The standard InChI is InChI=1S/C7H4F6N2O/c8-6(9,10)3-1-2(14)4(16)5(15-3)7(11,12)13/h1,16H,(H2,14,15). The quantitative estimate of drug-likeness (QED) is 0.691. The van der Waals surface area contributed by atoms with E-state index in [9.17, 15) is 26.3 Å². The van der Waals surface area contributed by atoms with Crippen LogP contribution in [0.25, 0.3) is 0 Å². The number of aromatic hydroxyl groups is 1. The predicted octanol–water partition coefficient (Wildman–Crippen LogP) is 2.41. The largest absolute Gasteiger partial charge is 0.504 e. The van der Waals surface area contributed by atoms with E-state index in [4.69, 9.17) is 10.8 Å². The molecule has 0 aliphatic carbocycles. The molecule has 0 unspecified atom stereocenters. The zero-order valence-corrected chi connectivity index (χ0v) is 7.32. The fourth-order valence-corrected chi connectivity index (χ4v) is 0.901. The summed E-state index contributed by atoms with van der Waals surface area (Å²) in [4.78, 5) is 2.30. The highest BCUT2D eigenvalue weighted by Gasteiger charge is 2.41. The zero-order valence-electron chi connectivity index (χ0n) is 7.32. The summed E-state index contributed by atoms with van der Waals surface area (Å²) in [7, 11) is 0. The molecule has 0 atom stereocenters. The van der Waals surface area contributed by atoms with E-state index in [1.165, 1.54) is 0 Å². The van der Waals surface area contributed by atoms with Gasteiger partial charge in [-0.25, -0.2) is 4.98 Å². The molecule has 0 amide bonds. The fraction of sp³-hybridized carbons (Fsp3) is 0.286. The lowest BCUT2D eigenvalue weighted by Gasteiger charge is -2.13. The van der Waals surface area contributed by atoms with Gasteiger partial charge in [-0.05, 0) is 6.07 Å². The van der Waals surface area contributed by atoms with E-state index >= 15 is 0 Å². The van der Waals surface area contributed by atoms with Gasteiger partial charge in [0.15, 0.2) is 11.4 Å². The lowest BCUT2D eigenvalue weighted by molar-refractivity contribution is -0.150. The Bertz CT molecular complexity index is 411. The highest BCUT2D eigenvalue weighted by molar-refractivity contribution is 5.55. The van der Waals surface area contributed by atoms with Crippen LogP contribution in [0, 0.1) is 0 Å². The minimum Gasteiger partial charge on any atom is -0.504 e. The van der Waals surface area contributed by atoms with Gasteiger partial charge in [0.2, 0.25) is 0 Å². The Morgan fingerprint density at radius 2 is 1.56 bits per heavy atom. The second-order valence-corrected chi connectivity index (χ2v) is 2.79. The second kappa shape index (κ2) is 3.42. The van der Waals surface area contributed by atoms with E-state index in [1.54, 1.807) is 0 Å². The van der Waals surface area contributed by atoms with Gasteiger partial charge in [-0.2, -0.15) is 26.3 Å². The van der Waals surface area contributed by atoms with Crippen molar-refractivity contribution >= 4 is 5.69 Å². The lowest BCUT2D eigenvalue weighted by atomic mass is 10.2. The minimum absolute atomic E-state index is 0.130. The molecule has 0 radical (unpaired) electrons. The van der Waals surface area contributed by atoms with Gasteiger partial charge in [-0.1, -0.05) is 0 Å². The highest BCUT2D eigenvalue weighted by Crippen LogP contribution is 2.40. The number of nitrogen functional groups attached to an aromatic ring is 1. The van der Waals surface area contributed by atoms with Gasteiger partial charge in [0.05, 0.1) is 5.69 Å². The van der Waals surface area contributed by atoms with Gasteiger partial charge < -0.3 is 10.8 Å². The van der Waals surface area contributed by atoms with Crippen molar-refractivity contribution in [3.63, 3.8) is 0 Å². The average molecular weight is 246 g/mol. The summed E-state index contributed by atoms with van der Waals surface area (Å²) in [6.45, 7) is 0. The summed E-state index contributed by atoms with van der Waals surface area (Å²) in [5.74, 6) is -1.51. The Morgan fingerprint density at radius 3 is 1.94 bits per heavy atom. The second-order valence-electron chi connectivity index (χ2n) is 2.79. The molecule has 16 heavy (non-hydrogen) atoms. The number of pyridine rings is 1. The van der Waals surface area contributed by atoms with Gasteiger partial charge in [0, 0.05) is 0 Å². The summed E-state index contributed by atoms with van der Waals surface area (Å²) >= 11 is 0. The summed E-state index contributed by atoms with van der Waals surface area (Å²) in [5, 5.41) is 8.85. The number of alkyl halides is 6. The Morgan fingerprint density at radius 1 is 1.06 bits per heavy atom. The van der Waals surface area contributed by atoms with Crippen LogP contribution in [-0.4, -0.2) is 10.1 Å². The van der Waals surface area contributed by atoms with Crippen LogP contribution in [0.3, 0.4) is 0 Å². The molecule has 0 bridgehead atoms. The van der Waals surface area contributed by atoms with Crippen molar-refractivity contribution in [2.24, 2.45) is 0 Å². The Hall–Kier alpha value is -1.67. The van der Waals surface area contributed by atoms with Crippen LogP contribution in [0.5, 0.6) is 5.75 Å². The first kappa shape index (κ1) is 12.4. The third-order valence-corrected chi connectivity index (χ3v) is 1.58. The Kier molecular flexibility index (Phi) is 2.65. The number of aromatic nitrogens is 1. The van der Waals surface area contributed by atoms with Gasteiger partial charge in [-0.3, -0.25) is 0 Å². The number of rotatable bonds is 0. The van der Waals surface area contributed by atoms with Gasteiger partial charge in [0.1, 0.15) is 5.69 Å². The predicted molar refractivity (Wildman–Crippen MR) is 40.3 cm³/mol. The SMILES string of the molecule is Nc1cc(C(F)(F)F)nc(C(F)(F)F)c1O. The van der Waals surface area contributed by atoms with Crippen molar-refractivity contribution in [2.75, 3.05) is 5.73 Å². The fourth-order valence-electron chi connectivity index (χ4n) is 0.901. The normalized spacial score (nSPS) is 12.9. The van der Waals surface area contributed by atoms with Crippen molar-refractivity contribution in [3.8, 4) is 5.75 Å². The highest BCUT2D eigenvalue weighted by atomic mass is 19.4.